The van der Waals surface area contributed by atoms with Crippen molar-refractivity contribution in [3.8, 4) is 0 Å². The fourth-order valence-electron chi connectivity index (χ4n) is 1.98. The Morgan fingerprint density at radius 1 is 1.19 bits per heavy atom. The third kappa shape index (κ3) is 6.13. The highest BCUT2D eigenvalue weighted by atomic mass is 31.2. The molecule has 0 amide bonds. The summed E-state index contributed by atoms with van der Waals surface area (Å²) in [6.45, 7) is 0.318. The molecule has 0 radical (unpaired) electrons. The van der Waals surface area contributed by atoms with Crippen molar-refractivity contribution in [1.82, 2.24) is 0 Å². The molecule has 1 aromatic rings. The van der Waals surface area contributed by atoms with E-state index in [1.54, 1.807) is 0 Å². The topological polar surface area (TPSA) is 66.8 Å². The van der Waals surface area contributed by atoms with Crippen molar-refractivity contribution in [3.05, 3.63) is 65.5 Å². The number of hydrogen-bond donors (Lipinski definition) is 2. The second-order valence-electron chi connectivity index (χ2n) is 4.86. The van der Waals surface area contributed by atoms with Gasteiger partial charge in [-0.05, 0) is 36.1 Å². The van der Waals surface area contributed by atoms with Crippen LogP contribution in [-0.4, -0.2) is 22.6 Å². The predicted molar refractivity (Wildman–Crippen MR) is 83.7 cm³/mol. The average Bonchev–Trinajstić information content (AvgIpc) is 2.45. The smallest absolute Gasteiger partial charge is 0.325 e. The van der Waals surface area contributed by atoms with Crippen LogP contribution in [0.3, 0.4) is 0 Å². The van der Waals surface area contributed by atoms with E-state index in [1.165, 1.54) is 5.57 Å². The highest BCUT2D eigenvalue weighted by Crippen LogP contribution is 2.34. The molecule has 0 aromatic heterocycles. The summed E-state index contributed by atoms with van der Waals surface area (Å²) in [6, 6.07) is 10.1. The molecule has 0 aliphatic heterocycles. The quantitative estimate of drug-likeness (QED) is 0.623. The molecule has 2 N–H and O–H groups in total. The number of hydrogen-bond acceptors (Lipinski definition) is 2. The van der Waals surface area contributed by atoms with Gasteiger partial charge in [-0.1, -0.05) is 42.5 Å². The maximum atomic E-state index is 10.7. The van der Waals surface area contributed by atoms with Crippen LogP contribution in [0.15, 0.2) is 59.9 Å². The molecule has 0 fully saturated rings. The number of benzene rings is 1. The Morgan fingerprint density at radius 2 is 1.95 bits per heavy atom. The standard InChI is InChI=1S/C16H19O4P/c17-21(18,19)12-4-11-20-16-9-7-15(8-10-16)13-14-5-2-1-3-6-14/h1-3,5-7,9-10,13H,4,8,11-12H2,(H2,17,18,19). The lowest BCUT2D eigenvalue weighted by Gasteiger charge is -2.12. The molecule has 112 valence electrons. The van der Waals surface area contributed by atoms with Crippen LogP contribution in [0.1, 0.15) is 18.4 Å². The molecular formula is C16H19O4P. The van der Waals surface area contributed by atoms with Crippen molar-refractivity contribution in [3.63, 3.8) is 0 Å². The van der Waals surface area contributed by atoms with E-state index in [2.05, 4.69) is 18.2 Å². The summed E-state index contributed by atoms with van der Waals surface area (Å²) in [5.41, 5.74) is 2.36. The Hall–Kier alpha value is -1.61. The molecule has 21 heavy (non-hydrogen) atoms. The first-order chi connectivity index (χ1) is 10.0. The van der Waals surface area contributed by atoms with Crippen molar-refractivity contribution in [1.29, 1.82) is 0 Å². The summed E-state index contributed by atoms with van der Waals surface area (Å²) in [7, 11) is -3.91. The molecule has 1 aliphatic carbocycles. The van der Waals surface area contributed by atoms with Gasteiger partial charge < -0.3 is 14.5 Å². The van der Waals surface area contributed by atoms with Crippen LogP contribution in [0.4, 0.5) is 0 Å². The summed E-state index contributed by atoms with van der Waals surface area (Å²) in [4.78, 5) is 17.5. The first-order valence-corrected chi connectivity index (χ1v) is 8.64. The van der Waals surface area contributed by atoms with Crippen molar-refractivity contribution in [2.75, 3.05) is 12.8 Å². The van der Waals surface area contributed by atoms with Crippen LogP contribution in [-0.2, 0) is 9.30 Å². The van der Waals surface area contributed by atoms with E-state index in [9.17, 15) is 4.57 Å². The molecule has 4 nitrogen and oxygen atoms in total. The van der Waals surface area contributed by atoms with Gasteiger partial charge in [0.15, 0.2) is 0 Å². The van der Waals surface area contributed by atoms with Gasteiger partial charge in [-0.2, -0.15) is 0 Å². The minimum atomic E-state index is -3.91. The summed E-state index contributed by atoms with van der Waals surface area (Å²) < 4.78 is 16.2. The first kappa shape index (κ1) is 15.8. The summed E-state index contributed by atoms with van der Waals surface area (Å²) in [5, 5.41) is 0. The molecule has 1 aliphatic rings. The lowest BCUT2D eigenvalue weighted by molar-refractivity contribution is 0.221. The zero-order valence-corrected chi connectivity index (χ0v) is 12.6. The maximum Gasteiger partial charge on any atom is 0.325 e. The van der Waals surface area contributed by atoms with Crippen molar-refractivity contribution < 1.29 is 19.1 Å². The van der Waals surface area contributed by atoms with Gasteiger partial charge in [-0.3, -0.25) is 4.57 Å². The molecule has 0 saturated heterocycles. The SMILES string of the molecule is O=P(O)(O)CCCOC1=CCC(=Cc2ccccc2)C=C1. The second kappa shape index (κ2) is 7.41. The number of rotatable bonds is 6. The lowest BCUT2D eigenvalue weighted by Crippen LogP contribution is -1.99. The van der Waals surface area contributed by atoms with E-state index in [4.69, 9.17) is 14.5 Å². The van der Waals surface area contributed by atoms with Gasteiger partial charge in [0.25, 0.3) is 0 Å². The highest BCUT2D eigenvalue weighted by Gasteiger charge is 2.12. The van der Waals surface area contributed by atoms with E-state index in [0.717, 1.165) is 17.7 Å². The van der Waals surface area contributed by atoms with Crippen LogP contribution in [0, 0.1) is 0 Å². The predicted octanol–water partition coefficient (Wildman–Crippen LogP) is 3.50. The lowest BCUT2D eigenvalue weighted by atomic mass is 10.0. The van der Waals surface area contributed by atoms with Crippen LogP contribution >= 0.6 is 7.60 Å². The second-order valence-corrected chi connectivity index (χ2v) is 6.64. The fraction of sp³-hybridized carbons (Fsp3) is 0.250. The van der Waals surface area contributed by atoms with E-state index < -0.39 is 7.60 Å². The highest BCUT2D eigenvalue weighted by molar-refractivity contribution is 7.51. The Morgan fingerprint density at radius 3 is 2.57 bits per heavy atom. The fourth-order valence-corrected chi connectivity index (χ4v) is 2.52. The number of allylic oxidation sites excluding steroid dienone is 4. The third-order valence-corrected chi connectivity index (χ3v) is 3.91. The van der Waals surface area contributed by atoms with Crippen molar-refractivity contribution in [2.45, 2.75) is 12.8 Å². The molecule has 5 heteroatoms. The summed E-state index contributed by atoms with van der Waals surface area (Å²) >= 11 is 0. The summed E-state index contributed by atoms with van der Waals surface area (Å²) in [6.07, 6.45) is 9.00. The van der Waals surface area contributed by atoms with Gasteiger partial charge in [0, 0.05) is 0 Å². The van der Waals surface area contributed by atoms with Crippen LogP contribution < -0.4 is 0 Å². The van der Waals surface area contributed by atoms with Gasteiger partial charge in [0.05, 0.1) is 12.8 Å². The first-order valence-electron chi connectivity index (χ1n) is 6.84. The molecule has 0 bridgehead atoms. The zero-order valence-electron chi connectivity index (χ0n) is 11.7. The Labute approximate surface area is 124 Å². The van der Waals surface area contributed by atoms with E-state index >= 15 is 0 Å². The van der Waals surface area contributed by atoms with Crippen molar-refractivity contribution in [2.24, 2.45) is 0 Å². The van der Waals surface area contributed by atoms with E-state index in [1.807, 2.05) is 36.4 Å². The average molecular weight is 306 g/mol. The molecule has 0 saturated carbocycles. The van der Waals surface area contributed by atoms with E-state index in [0.29, 0.717) is 13.0 Å². The third-order valence-electron chi connectivity index (χ3n) is 3.01. The van der Waals surface area contributed by atoms with Crippen LogP contribution in [0.2, 0.25) is 0 Å². The van der Waals surface area contributed by atoms with Gasteiger partial charge in [-0.15, -0.1) is 0 Å². The van der Waals surface area contributed by atoms with Crippen molar-refractivity contribution >= 4 is 13.7 Å². The van der Waals surface area contributed by atoms with Crippen LogP contribution in [0.25, 0.3) is 6.08 Å². The van der Waals surface area contributed by atoms with Gasteiger partial charge in [0.1, 0.15) is 5.76 Å². The molecule has 2 rings (SSSR count). The Kier molecular flexibility index (Phi) is 5.57. The summed E-state index contributed by atoms with van der Waals surface area (Å²) in [5.74, 6) is 0.755. The molecule has 0 unspecified atom stereocenters. The largest absolute Gasteiger partial charge is 0.494 e. The molecule has 0 spiro atoms. The Balaban J connectivity index is 1.79. The minimum absolute atomic E-state index is 0.136. The minimum Gasteiger partial charge on any atom is -0.494 e. The Bertz CT molecular complexity index is 596. The molecule has 0 heterocycles. The maximum absolute atomic E-state index is 10.7. The normalized spacial score (nSPS) is 16.9. The number of ether oxygens (including phenoxy) is 1. The molecular weight excluding hydrogens is 287 g/mol. The van der Waals surface area contributed by atoms with Gasteiger partial charge in [0.2, 0.25) is 0 Å². The molecule has 1 aromatic carbocycles. The van der Waals surface area contributed by atoms with Crippen LogP contribution in [0.5, 0.6) is 0 Å². The van der Waals surface area contributed by atoms with Gasteiger partial charge >= 0.3 is 7.60 Å². The zero-order chi connectivity index (χ0) is 15.1. The molecule has 0 atom stereocenters. The monoisotopic (exact) mass is 306 g/mol. The van der Waals surface area contributed by atoms with Gasteiger partial charge in [-0.25, -0.2) is 0 Å². The van der Waals surface area contributed by atoms with E-state index in [-0.39, 0.29) is 6.16 Å².